The van der Waals surface area contributed by atoms with Crippen molar-refractivity contribution in [2.45, 2.75) is 5.79 Å². The molecule has 3 N–H and O–H groups in total. The summed E-state index contributed by atoms with van der Waals surface area (Å²) in [5.74, 6) is -0.182. The Morgan fingerprint density at radius 1 is 1.47 bits per heavy atom. The third-order valence-corrected chi connectivity index (χ3v) is 3.39. The first-order chi connectivity index (χ1) is 8.28. The first-order valence-electron chi connectivity index (χ1n) is 4.99. The van der Waals surface area contributed by atoms with E-state index in [1.165, 1.54) is 6.33 Å². The zero-order valence-electron chi connectivity index (χ0n) is 8.82. The van der Waals surface area contributed by atoms with E-state index < -0.39 is 5.79 Å². The Kier molecular flexibility index (Phi) is 2.27. The highest BCUT2D eigenvalue weighted by Crippen LogP contribution is 2.25. The Bertz CT molecular complexity index is 556. The molecule has 1 atom stereocenters. The number of hydrogen-bond acceptors (Lipinski definition) is 6. The second-order valence-electron chi connectivity index (χ2n) is 3.54. The number of aliphatic imine (C=N–C) groups is 1. The van der Waals surface area contributed by atoms with Gasteiger partial charge in [0.1, 0.15) is 18.5 Å². The lowest BCUT2D eigenvalue weighted by Gasteiger charge is -2.29. The molecule has 17 heavy (non-hydrogen) atoms. The van der Waals surface area contributed by atoms with E-state index in [2.05, 4.69) is 20.4 Å². The van der Waals surface area contributed by atoms with Gasteiger partial charge in [0.2, 0.25) is 5.79 Å². The van der Waals surface area contributed by atoms with Gasteiger partial charge in [-0.1, -0.05) is 6.07 Å². The largest absolute Gasteiger partial charge is 0.329 e. The number of aromatic nitrogens is 3. The van der Waals surface area contributed by atoms with Crippen molar-refractivity contribution in [3.8, 4) is 0 Å². The first-order valence-corrected chi connectivity index (χ1v) is 5.87. The Morgan fingerprint density at radius 3 is 3.12 bits per heavy atom. The molecule has 2 aromatic rings. The third kappa shape index (κ3) is 1.75. The lowest BCUT2D eigenvalue weighted by molar-refractivity contribution is 0.418. The van der Waals surface area contributed by atoms with Crippen molar-refractivity contribution in [3.63, 3.8) is 0 Å². The average Bonchev–Trinajstić information content (AvgIpc) is 3.03. The summed E-state index contributed by atoms with van der Waals surface area (Å²) in [6.45, 7) is 0. The van der Waals surface area contributed by atoms with Gasteiger partial charge in [0, 0.05) is 6.21 Å². The summed E-state index contributed by atoms with van der Waals surface area (Å²) in [5, 5.41) is 9.16. The minimum absolute atomic E-state index is 0.744. The molecule has 3 rings (SSSR count). The van der Waals surface area contributed by atoms with Crippen molar-refractivity contribution < 1.29 is 0 Å². The quantitative estimate of drug-likeness (QED) is 0.812. The fourth-order valence-electron chi connectivity index (χ4n) is 1.58. The zero-order chi connectivity index (χ0) is 11.7. The van der Waals surface area contributed by atoms with E-state index in [-0.39, 0.29) is 0 Å². The van der Waals surface area contributed by atoms with Crippen molar-refractivity contribution >= 4 is 23.4 Å². The molecule has 0 radical (unpaired) electrons. The number of hydrogen-bond donors (Lipinski definition) is 2. The van der Waals surface area contributed by atoms with Crippen LogP contribution >= 0.6 is 11.3 Å². The second kappa shape index (κ2) is 3.79. The maximum absolute atomic E-state index is 6.22. The van der Waals surface area contributed by atoms with Gasteiger partial charge in [-0.15, -0.1) is 11.3 Å². The maximum Gasteiger partial charge on any atom is 0.219 e. The Morgan fingerprint density at radius 2 is 2.41 bits per heavy atom. The Balaban J connectivity index is 1.94. The summed E-state index contributed by atoms with van der Waals surface area (Å²) in [6.07, 6.45) is 6.55. The van der Waals surface area contributed by atoms with E-state index in [0.717, 1.165) is 10.7 Å². The topological polar surface area (TPSA) is 81.1 Å². The highest BCUT2D eigenvalue weighted by Gasteiger charge is 2.30. The number of nitrogens with two attached hydrogens (primary N) is 1. The van der Waals surface area contributed by atoms with Gasteiger partial charge in [-0.25, -0.2) is 14.7 Å². The molecule has 0 amide bonds. The van der Waals surface area contributed by atoms with Gasteiger partial charge in [-0.2, -0.15) is 5.10 Å². The minimum atomic E-state index is -0.926. The molecule has 86 valence electrons. The standard InChI is InChI=1S/C10H10N6S/c11-10(8-2-1-5-17-8)13-4-3-9(15-10)16-7-12-6-14-16/h1-7,15H,11H2. The van der Waals surface area contributed by atoms with E-state index in [1.54, 1.807) is 34.6 Å². The summed E-state index contributed by atoms with van der Waals surface area (Å²) in [4.78, 5) is 9.12. The number of rotatable bonds is 2. The van der Waals surface area contributed by atoms with E-state index in [0.29, 0.717) is 0 Å². The predicted octanol–water partition coefficient (Wildman–Crippen LogP) is 0.581. The molecular formula is C10H10N6S. The number of nitrogens with one attached hydrogen (secondary N) is 1. The monoisotopic (exact) mass is 246 g/mol. The lowest BCUT2D eigenvalue weighted by Crippen LogP contribution is -2.49. The SMILES string of the molecule is NC1(c2cccs2)N=CC=C(n2cncn2)N1. The van der Waals surface area contributed by atoms with Crippen LogP contribution in [0.15, 0.2) is 41.2 Å². The third-order valence-electron chi connectivity index (χ3n) is 2.39. The minimum Gasteiger partial charge on any atom is -0.329 e. The summed E-state index contributed by atoms with van der Waals surface area (Å²) in [7, 11) is 0. The number of allylic oxidation sites excluding steroid dienone is 1. The van der Waals surface area contributed by atoms with E-state index >= 15 is 0 Å². The molecule has 0 spiro atoms. The molecule has 1 aliphatic rings. The van der Waals surface area contributed by atoms with Crippen LogP contribution in [0.5, 0.6) is 0 Å². The van der Waals surface area contributed by atoms with E-state index in [9.17, 15) is 0 Å². The molecule has 7 heteroatoms. The second-order valence-corrected chi connectivity index (χ2v) is 4.49. The van der Waals surface area contributed by atoms with Gasteiger partial charge in [0.15, 0.2) is 0 Å². The van der Waals surface area contributed by atoms with Crippen LogP contribution in [-0.4, -0.2) is 21.0 Å². The highest BCUT2D eigenvalue weighted by atomic mass is 32.1. The molecule has 0 bridgehead atoms. The predicted molar refractivity (Wildman–Crippen MR) is 66.1 cm³/mol. The summed E-state index contributed by atoms with van der Waals surface area (Å²) in [6, 6.07) is 3.89. The van der Waals surface area contributed by atoms with Crippen molar-refractivity contribution in [2.24, 2.45) is 10.7 Å². The summed E-state index contributed by atoms with van der Waals surface area (Å²) < 4.78 is 1.61. The van der Waals surface area contributed by atoms with Crippen molar-refractivity contribution in [1.29, 1.82) is 0 Å². The van der Waals surface area contributed by atoms with Crippen molar-refractivity contribution in [2.75, 3.05) is 0 Å². The van der Waals surface area contributed by atoms with Gasteiger partial charge in [-0.3, -0.25) is 5.73 Å². The first kappa shape index (κ1) is 10.2. The zero-order valence-corrected chi connectivity index (χ0v) is 9.63. The van der Waals surface area contributed by atoms with Gasteiger partial charge in [0.05, 0.1) is 4.88 Å². The highest BCUT2D eigenvalue weighted by molar-refractivity contribution is 7.10. The van der Waals surface area contributed by atoms with E-state index in [4.69, 9.17) is 5.73 Å². The van der Waals surface area contributed by atoms with Crippen LogP contribution in [0.1, 0.15) is 4.88 Å². The molecule has 0 aromatic carbocycles. The number of thiophene rings is 1. The van der Waals surface area contributed by atoms with Gasteiger partial charge in [0.25, 0.3) is 0 Å². The van der Waals surface area contributed by atoms with Crippen LogP contribution in [0.3, 0.4) is 0 Å². The molecular weight excluding hydrogens is 236 g/mol. The summed E-state index contributed by atoms with van der Waals surface area (Å²) in [5.41, 5.74) is 6.22. The van der Waals surface area contributed by atoms with Crippen LogP contribution in [0.4, 0.5) is 0 Å². The van der Waals surface area contributed by atoms with Crippen molar-refractivity contribution in [3.05, 3.63) is 41.1 Å². The molecule has 3 heterocycles. The average molecular weight is 246 g/mol. The fraction of sp³-hybridized carbons (Fsp3) is 0.100. The molecule has 1 aliphatic heterocycles. The smallest absolute Gasteiger partial charge is 0.219 e. The maximum atomic E-state index is 6.22. The Hall–Kier alpha value is -1.99. The molecule has 2 aromatic heterocycles. The molecule has 6 nitrogen and oxygen atoms in total. The van der Waals surface area contributed by atoms with Crippen LogP contribution in [0.25, 0.3) is 5.82 Å². The molecule has 0 fully saturated rings. The molecule has 1 unspecified atom stereocenters. The molecule has 0 aliphatic carbocycles. The fourth-order valence-corrected chi connectivity index (χ4v) is 2.33. The van der Waals surface area contributed by atoms with E-state index in [1.807, 2.05) is 17.5 Å². The van der Waals surface area contributed by atoms with Gasteiger partial charge >= 0.3 is 0 Å². The molecule has 0 saturated heterocycles. The molecule has 0 saturated carbocycles. The van der Waals surface area contributed by atoms with Crippen LogP contribution in [-0.2, 0) is 5.79 Å². The van der Waals surface area contributed by atoms with Gasteiger partial charge < -0.3 is 5.32 Å². The van der Waals surface area contributed by atoms with Crippen LogP contribution in [0, 0.1) is 0 Å². The lowest BCUT2D eigenvalue weighted by atomic mass is 10.2. The van der Waals surface area contributed by atoms with Crippen LogP contribution in [0.2, 0.25) is 0 Å². The number of nitrogens with zero attached hydrogens (tertiary/aromatic N) is 4. The van der Waals surface area contributed by atoms with Crippen molar-refractivity contribution in [1.82, 2.24) is 20.1 Å². The normalized spacial score (nSPS) is 23.2. The Labute approximate surface area is 102 Å². The van der Waals surface area contributed by atoms with Gasteiger partial charge in [-0.05, 0) is 17.5 Å². The van der Waals surface area contributed by atoms with Crippen LogP contribution < -0.4 is 11.1 Å². The summed E-state index contributed by atoms with van der Waals surface area (Å²) >= 11 is 1.55.